The number of benzene rings is 3. The Morgan fingerprint density at radius 2 is 1.73 bits per heavy atom. The Morgan fingerprint density at radius 3 is 2.46 bits per heavy atom. The summed E-state index contributed by atoms with van der Waals surface area (Å²) < 4.78 is 11.8. The van der Waals surface area contributed by atoms with E-state index in [0.717, 1.165) is 32.1 Å². The van der Waals surface area contributed by atoms with Gasteiger partial charge in [0, 0.05) is 22.2 Å². The smallest absolute Gasteiger partial charge is 0.225 e. The van der Waals surface area contributed by atoms with E-state index in [0.29, 0.717) is 17.9 Å². The molecule has 3 aromatic carbocycles. The standard InChI is InChI=1S/C21H18BrNO3/c1-25-18-8-7-12(9-19(18)26-2)15-11-20(24)23-21-14-6-4-3-5-13(14)17(22)10-16(15)21/h3-10,15H,11H2,1-2H3,(H,23,24)/t15-/m0/s1. The van der Waals surface area contributed by atoms with E-state index < -0.39 is 0 Å². The summed E-state index contributed by atoms with van der Waals surface area (Å²) in [6.07, 6.45) is 0.396. The molecule has 1 aliphatic rings. The van der Waals surface area contributed by atoms with Gasteiger partial charge in [0.25, 0.3) is 0 Å². The minimum atomic E-state index is -0.0422. The Kier molecular flexibility index (Phi) is 4.32. The number of hydrogen-bond donors (Lipinski definition) is 1. The highest BCUT2D eigenvalue weighted by Crippen LogP contribution is 2.44. The van der Waals surface area contributed by atoms with Gasteiger partial charge in [0.2, 0.25) is 5.91 Å². The molecule has 26 heavy (non-hydrogen) atoms. The summed E-state index contributed by atoms with van der Waals surface area (Å²) >= 11 is 3.68. The van der Waals surface area contributed by atoms with E-state index in [1.165, 1.54) is 0 Å². The van der Waals surface area contributed by atoms with Crippen LogP contribution >= 0.6 is 15.9 Å². The van der Waals surface area contributed by atoms with Crippen molar-refractivity contribution in [1.29, 1.82) is 0 Å². The predicted molar refractivity (Wildman–Crippen MR) is 106 cm³/mol. The van der Waals surface area contributed by atoms with Crippen LogP contribution in [0.5, 0.6) is 11.5 Å². The van der Waals surface area contributed by atoms with Crippen molar-refractivity contribution >= 4 is 38.3 Å². The number of fused-ring (bicyclic) bond motifs is 3. The number of carbonyl (C=O) groups is 1. The van der Waals surface area contributed by atoms with Crippen LogP contribution < -0.4 is 14.8 Å². The van der Waals surface area contributed by atoms with Gasteiger partial charge in [0.1, 0.15) is 0 Å². The van der Waals surface area contributed by atoms with Crippen molar-refractivity contribution in [3.05, 3.63) is 64.1 Å². The summed E-state index contributed by atoms with van der Waals surface area (Å²) in [4.78, 5) is 12.4. The molecule has 5 heteroatoms. The van der Waals surface area contributed by atoms with E-state index in [1.807, 2.05) is 42.5 Å². The number of anilines is 1. The second-order valence-electron chi connectivity index (χ2n) is 6.29. The first-order chi connectivity index (χ1) is 12.6. The van der Waals surface area contributed by atoms with E-state index in [2.05, 4.69) is 27.3 Å². The zero-order chi connectivity index (χ0) is 18.3. The van der Waals surface area contributed by atoms with Crippen LogP contribution in [0, 0.1) is 0 Å². The number of amides is 1. The molecule has 0 spiro atoms. The average molecular weight is 412 g/mol. The van der Waals surface area contributed by atoms with Gasteiger partial charge in [-0.25, -0.2) is 0 Å². The van der Waals surface area contributed by atoms with E-state index >= 15 is 0 Å². The molecule has 132 valence electrons. The highest BCUT2D eigenvalue weighted by atomic mass is 79.9. The highest BCUT2D eigenvalue weighted by Gasteiger charge is 2.29. The van der Waals surface area contributed by atoms with Crippen LogP contribution in [0.25, 0.3) is 10.8 Å². The lowest BCUT2D eigenvalue weighted by atomic mass is 9.83. The van der Waals surface area contributed by atoms with Gasteiger partial charge in [-0.05, 0) is 34.7 Å². The van der Waals surface area contributed by atoms with Gasteiger partial charge in [-0.1, -0.05) is 46.3 Å². The fraction of sp³-hybridized carbons (Fsp3) is 0.190. The summed E-state index contributed by atoms with van der Waals surface area (Å²) in [5.74, 6) is 1.32. The highest BCUT2D eigenvalue weighted by molar-refractivity contribution is 9.10. The molecule has 1 N–H and O–H groups in total. The Balaban J connectivity index is 1.92. The number of ether oxygens (including phenoxy) is 2. The van der Waals surface area contributed by atoms with Gasteiger partial charge < -0.3 is 14.8 Å². The third kappa shape index (κ3) is 2.72. The van der Waals surface area contributed by atoms with Gasteiger partial charge in [0.05, 0.1) is 19.9 Å². The molecule has 4 nitrogen and oxygen atoms in total. The Hall–Kier alpha value is -2.53. The van der Waals surface area contributed by atoms with Gasteiger partial charge in [0.15, 0.2) is 11.5 Å². The fourth-order valence-corrected chi connectivity index (χ4v) is 4.21. The van der Waals surface area contributed by atoms with Crippen molar-refractivity contribution in [2.45, 2.75) is 12.3 Å². The molecule has 1 heterocycles. The van der Waals surface area contributed by atoms with Crippen molar-refractivity contribution in [3.8, 4) is 11.5 Å². The molecule has 0 saturated carbocycles. The lowest BCUT2D eigenvalue weighted by molar-refractivity contribution is -0.116. The van der Waals surface area contributed by atoms with Gasteiger partial charge >= 0.3 is 0 Å². The van der Waals surface area contributed by atoms with Gasteiger partial charge in [-0.15, -0.1) is 0 Å². The minimum absolute atomic E-state index is 0.0183. The predicted octanol–water partition coefficient (Wildman–Crippen LogP) is 5.09. The third-order valence-electron chi connectivity index (χ3n) is 4.86. The normalized spacial score (nSPS) is 16.1. The molecule has 0 unspecified atom stereocenters. The second-order valence-corrected chi connectivity index (χ2v) is 7.14. The second kappa shape index (κ2) is 6.65. The summed E-state index contributed by atoms with van der Waals surface area (Å²) in [5.41, 5.74) is 3.02. The van der Waals surface area contributed by atoms with E-state index in [-0.39, 0.29) is 11.8 Å². The largest absolute Gasteiger partial charge is 0.493 e. The summed E-state index contributed by atoms with van der Waals surface area (Å²) in [6, 6.07) is 16.0. The lowest BCUT2D eigenvalue weighted by Gasteiger charge is -2.28. The first-order valence-corrected chi connectivity index (χ1v) is 9.14. The maximum absolute atomic E-state index is 12.4. The first-order valence-electron chi connectivity index (χ1n) is 8.35. The lowest BCUT2D eigenvalue weighted by Crippen LogP contribution is -2.24. The van der Waals surface area contributed by atoms with Crippen molar-refractivity contribution in [2.24, 2.45) is 0 Å². The van der Waals surface area contributed by atoms with E-state index in [4.69, 9.17) is 9.47 Å². The topological polar surface area (TPSA) is 47.6 Å². The monoisotopic (exact) mass is 411 g/mol. The fourth-order valence-electron chi connectivity index (χ4n) is 3.62. The number of methoxy groups -OCH3 is 2. The molecular weight excluding hydrogens is 394 g/mol. The minimum Gasteiger partial charge on any atom is -0.493 e. The molecule has 0 aliphatic carbocycles. The number of nitrogens with one attached hydrogen (secondary N) is 1. The quantitative estimate of drug-likeness (QED) is 0.652. The zero-order valence-corrected chi connectivity index (χ0v) is 16.1. The Labute approximate surface area is 160 Å². The molecule has 0 saturated heterocycles. The third-order valence-corrected chi connectivity index (χ3v) is 5.52. The van der Waals surface area contributed by atoms with Crippen LogP contribution in [-0.2, 0) is 4.79 Å². The molecule has 0 aromatic heterocycles. The molecule has 1 amide bonds. The van der Waals surface area contributed by atoms with Gasteiger partial charge in [-0.3, -0.25) is 4.79 Å². The first kappa shape index (κ1) is 16.9. The maximum Gasteiger partial charge on any atom is 0.225 e. The average Bonchev–Trinajstić information content (AvgIpc) is 2.68. The molecule has 0 fully saturated rings. The molecule has 1 aliphatic heterocycles. The molecular formula is C21H18BrNO3. The maximum atomic E-state index is 12.4. The van der Waals surface area contributed by atoms with Crippen molar-refractivity contribution in [1.82, 2.24) is 0 Å². The van der Waals surface area contributed by atoms with Crippen LogP contribution in [0.1, 0.15) is 23.5 Å². The van der Waals surface area contributed by atoms with Crippen molar-refractivity contribution in [3.63, 3.8) is 0 Å². The summed E-state index contributed by atoms with van der Waals surface area (Å²) in [5, 5.41) is 5.19. The van der Waals surface area contributed by atoms with Crippen LogP contribution in [0.2, 0.25) is 0 Å². The molecule has 0 radical (unpaired) electrons. The molecule has 3 aromatic rings. The number of rotatable bonds is 3. The molecule has 1 atom stereocenters. The zero-order valence-electron chi connectivity index (χ0n) is 14.5. The van der Waals surface area contributed by atoms with E-state index in [1.54, 1.807) is 14.2 Å². The Morgan fingerprint density at radius 1 is 1.00 bits per heavy atom. The van der Waals surface area contributed by atoms with Crippen molar-refractivity contribution in [2.75, 3.05) is 19.5 Å². The molecule has 0 bridgehead atoms. The van der Waals surface area contributed by atoms with Crippen LogP contribution in [-0.4, -0.2) is 20.1 Å². The number of halogens is 1. The van der Waals surface area contributed by atoms with Crippen LogP contribution in [0.15, 0.2) is 53.0 Å². The molecule has 4 rings (SSSR count). The SMILES string of the molecule is COc1ccc([C@@H]2CC(=O)Nc3c2cc(Br)c2ccccc32)cc1OC. The summed E-state index contributed by atoms with van der Waals surface area (Å²) in [7, 11) is 3.23. The number of carbonyl (C=O) groups excluding carboxylic acids is 1. The summed E-state index contributed by atoms with van der Waals surface area (Å²) in [6.45, 7) is 0. The Bertz CT molecular complexity index is 1020. The van der Waals surface area contributed by atoms with E-state index in [9.17, 15) is 4.79 Å². The van der Waals surface area contributed by atoms with Gasteiger partial charge in [-0.2, -0.15) is 0 Å². The van der Waals surface area contributed by atoms with Crippen LogP contribution in [0.4, 0.5) is 5.69 Å². The van der Waals surface area contributed by atoms with Crippen LogP contribution in [0.3, 0.4) is 0 Å². The van der Waals surface area contributed by atoms with Crippen molar-refractivity contribution < 1.29 is 14.3 Å². The number of hydrogen-bond acceptors (Lipinski definition) is 3.